The molecule has 0 saturated heterocycles. The smallest absolute Gasteiger partial charge is 0.0837 e. The number of hydrazine groups is 1. The van der Waals surface area contributed by atoms with Gasteiger partial charge in [-0.05, 0) is 36.2 Å². The lowest BCUT2D eigenvalue weighted by atomic mass is 10.1. The van der Waals surface area contributed by atoms with Crippen LogP contribution in [0.4, 0.5) is 0 Å². The fraction of sp³-hybridized carbons (Fsp3) is 0.200. The zero-order valence-corrected chi connectivity index (χ0v) is 10.2. The summed E-state index contributed by atoms with van der Waals surface area (Å²) in [5, 5.41) is 4.68. The fourth-order valence-electron chi connectivity index (χ4n) is 1.48. The molecule has 4 nitrogen and oxygen atoms in total. The lowest BCUT2D eigenvalue weighted by molar-refractivity contribution is 0.642. The summed E-state index contributed by atoms with van der Waals surface area (Å²) in [4.78, 5) is 1.02. The molecule has 1 aromatic heterocycles. The van der Waals surface area contributed by atoms with E-state index < -0.39 is 0 Å². The molecule has 3 N–H and O–H groups in total. The van der Waals surface area contributed by atoms with Crippen molar-refractivity contribution in [3.05, 3.63) is 45.4 Å². The number of aryl methyl sites for hydroxylation is 1. The summed E-state index contributed by atoms with van der Waals surface area (Å²) in [5.74, 6) is 5.57. The van der Waals surface area contributed by atoms with E-state index in [1.807, 2.05) is 31.2 Å². The van der Waals surface area contributed by atoms with E-state index in [-0.39, 0.29) is 6.04 Å². The van der Waals surface area contributed by atoms with Gasteiger partial charge in [-0.3, -0.25) is 5.84 Å². The van der Waals surface area contributed by atoms with Crippen molar-refractivity contribution in [2.45, 2.75) is 13.0 Å². The zero-order chi connectivity index (χ0) is 11.5. The van der Waals surface area contributed by atoms with Crippen molar-refractivity contribution in [2.24, 2.45) is 5.84 Å². The molecule has 16 heavy (non-hydrogen) atoms. The third-order valence-corrected chi connectivity index (χ3v) is 3.46. The Bertz CT molecular complexity index is 468. The second kappa shape index (κ2) is 4.88. The summed E-state index contributed by atoms with van der Waals surface area (Å²) in [7, 11) is 0. The molecule has 0 bridgehead atoms. The van der Waals surface area contributed by atoms with Gasteiger partial charge in [0.1, 0.15) is 0 Å². The van der Waals surface area contributed by atoms with Gasteiger partial charge < -0.3 is 0 Å². The molecule has 0 amide bonds. The molecule has 0 saturated carbocycles. The van der Waals surface area contributed by atoms with E-state index in [2.05, 4.69) is 15.0 Å². The number of halogens is 1. The molecule has 1 aromatic carbocycles. The summed E-state index contributed by atoms with van der Waals surface area (Å²) in [6, 6.07) is 7.46. The van der Waals surface area contributed by atoms with Gasteiger partial charge in [0.2, 0.25) is 0 Å². The third kappa shape index (κ3) is 2.22. The second-order valence-corrected chi connectivity index (χ2v) is 4.60. The number of nitrogens with two attached hydrogens (primary N) is 1. The molecule has 2 aromatic rings. The quantitative estimate of drug-likeness (QED) is 0.650. The van der Waals surface area contributed by atoms with Crippen LogP contribution in [0.25, 0.3) is 0 Å². The minimum atomic E-state index is -0.0859. The average molecular weight is 255 g/mol. The minimum absolute atomic E-state index is 0.0859. The molecule has 0 aliphatic rings. The summed E-state index contributed by atoms with van der Waals surface area (Å²) in [6.45, 7) is 1.92. The largest absolute Gasteiger partial charge is 0.271 e. The summed E-state index contributed by atoms with van der Waals surface area (Å²) < 4.78 is 3.90. The maximum Gasteiger partial charge on any atom is 0.0837 e. The molecule has 0 aliphatic carbocycles. The molecular formula is C10H11ClN4S. The zero-order valence-electron chi connectivity index (χ0n) is 8.64. The number of benzene rings is 1. The van der Waals surface area contributed by atoms with E-state index in [9.17, 15) is 0 Å². The second-order valence-electron chi connectivity index (χ2n) is 3.37. The maximum absolute atomic E-state index is 5.84. The number of hydrogen-bond donors (Lipinski definition) is 2. The fourth-order valence-corrected chi connectivity index (χ4v) is 2.34. The highest BCUT2D eigenvalue weighted by Crippen LogP contribution is 2.26. The molecule has 0 spiro atoms. The highest BCUT2D eigenvalue weighted by Gasteiger charge is 2.17. The van der Waals surface area contributed by atoms with E-state index >= 15 is 0 Å². The minimum Gasteiger partial charge on any atom is -0.271 e. The van der Waals surface area contributed by atoms with E-state index in [0.29, 0.717) is 5.02 Å². The van der Waals surface area contributed by atoms with Crippen LogP contribution in [-0.4, -0.2) is 9.59 Å². The van der Waals surface area contributed by atoms with Crippen LogP contribution in [0.1, 0.15) is 22.2 Å². The van der Waals surface area contributed by atoms with Gasteiger partial charge in [0.05, 0.1) is 16.6 Å². The van der Waals surface area contributed by atoms with E-state index in [1.54, 1.807) is 0 Å². The monoisotopic (exact) mass is 254 g/mol. The van der Waals surface area contributed by atoms with Gasteiger partial charge in [0.25, 0.3) is 0 Å². The molecule has 1 atom stereocenters. The van der Waals surface area contributed by atoms with Crippen LogP contribution in [0, 0.1) is 6.92 Å². The van der Waals surface area contributed by atoms with E-state index in [0.717, 1.165) is 16.1 Å². The van der Waals surface area contributed by atoms with Gasteiger partial charge in [-0.15, -0.1) is 5.10 Å². The van der Waals surface area contributed by atoms with Crippen molar-refractivity contribution in [3.8, 4) is 0 Å². The third-order valence-electron chi connectivity index (χ3n) is 2.32. The first-order valence-corrected chi connectivity index (χ1v) is 5.88. The Morgan fingerprint density at radius 1 is 1.38 bits per heavy atom. The molecule has 0 aliphatic heterocycles. The number of hydrogen-bond acceptors (Lipinski definition) is 5. The number of nitrogens with one attached hydrogen (secondary N) is 1. The van der Waals surface area contributed by atoms with Crippen LogP contribution in [0.5, 0.6) is 0 Å². The Morgan fingerprint density at radius 3 is 2.56 bits per heavy atom. The lowest BCUT2D eigenvalue weighted by Crippen LogP contribution is -2.28. The topological polar surface area (TPSA) is 63.8 Å². The number of nitrogens with zero attached hydrogens (tertiary/aromatic N) is 2. The van der Waals surface area contributed by atoms with Crippen LogP contribution in [0.2, 0.25) is 5.02 Å². The first kappa shape index (κ1) is 11.5. The highest BCUT2D eigenvalue weighted by molar-refractivity contribution is 7.05. The molecule has 6 heteroatoms. The molecule has 0 radical (unpaired) electrons. The van der Waals surface area contributed by atoms with Gasteiger partial charge >= 0.3 is 0 Å². The molecule has 1 unspecified atom stereocenters. The first-order valence-electron chi connectivity index (χ1n) is 4.73. The van der Waals surface area contributed by atoms with Crippen molar-refractivity contribution in [3.63, 3.8) is 0 Å². The van der Waals surface area contributed by atoms with Crippen molar-refractivity contribution in [1.29, 1.82) is 0 Å². The Morgan fingerprint density at radius 2 is 2.06 bits per heavy atom. The summed E-state index contributed by atoms with van der Waals surface area (Å²) in [6.07, 6.45) is 0. The maximum atomic E-state index is 5.84. The van der Waals surface area contributed by atoms with Crippen molar-refractivity contribution in [2.75, 3.05) is 0 Å². The predicted molar refractivity (Wildman–Crippen MR) is 65.3 cm³/mol. The molecular weight excluding hydrogens is 244 g/mol. The molecule has 2 rings (SSSR count). The van der Waals surface area contributed by atoms with Crippen LogP contribution < -0.4 is 11.3 Å². The number of rotatable bonds is 3. The van der Waals surface area contributed by atoms with E-state index in [4.69, 9.17) is 17.4 Å². The first-order chi connectivity index (χ1) is 7.72. The van der Waals surface area contributed by atoms with Gasteiger partial charge in [0.15, 0.2) is 0 Å². The normalized spacial score (nSPS) is 12.7. The standard InChI is InChI=1S/C10H11ClN4S/c1-6-10(16-15-14-6)9(13-12)7-2-4-8(11)5-3-7/h2-5,9,13H,12H2,1H3. The van der Waals surface area contributed by atoms with Gasteiger partial charge in [-0.2, -0.15) is 0 Å². The predicted octanol–water partition coefficient (Wildman–Crippen LogP) is 2.05. The van der Waals surface area contributed by atoms with Crippen LogP contribution in [-0.2, 0) is 0 Å². The molecule has 0 fully saturated rings. The van der Waals surface area contributed by atoms with Crippen LogP contribution >= 0.6 is 23.1 Å². The van der Waals surface area contributed by atoms with Crippen molar-refractivity contribution >= 4 is 23.1 Å². The molecule has 1 heterocycles. The highest BCUT2D eigenvalue weighted by atomic mass is 35.5. The number of aromatic nitrogens is 2. The van der Waals surface area contributed by atoms with Gasteiger partial charge in [-0.25, -0.2) is 5.43 Å². The Balaban J connectivity index is 2.37. The van der Waals surface area contributed by atoms with Crippen molar-refractivity contribution in [1.82, 2.24) is 15.0 Å². The summed E-state index contributed by atoms with van der Waals surface area (Å²) >= 11 is 7.19. The summed E-state index contributed by atoms with van der Waals surface area (Å²) in [5.41, 5.74) is 4.70. The average Bonchev–Trinajstić information content (AvgIpc) is 2.69. The Hall–Kier alpha value is -1.01. The van der Waals surface area contributed by atoms with Crippen molar-refractivity contribution < 1.29 is 0 Å². The van der Waals surface area contributed by atoms with Gasteiger partial charge in [-0.1, -0.05) is 28.2 Å². The SMILES string of the molecule is Cc1nnsc1C(NN)c1ccc(Cl)cc1. The van der Waals surface area contributed by atoms with Crippen LogP contribution in [0.15, 0.2) is 24.3 Å². The van der Waals surface area contributed by atoms with Gasteiger partial charge in [0, 0.05) is 5.02 Å². The Labute approximate surface area is 103 Å². The van der Waals surface area contributed by atoms with Crippen LogP contribution in [0.3, 0.4) is 0 Å². The lowest BCUT2D eigenvalue weighted by Gasteiger charge is -2.14. The van der Waals surface area contributed by atoms with E-state index in [1.165, 1.54) is 11.5 Å². The Kier molecular flexibility index (Phi) is 3.50. The molecule has 84 valence electrons.